The Morgan fingerprint density at radius 1 is 1.32 bits per heavy atom. The molecule has 1 aromatic heterocycles. The van der Waals surface area contributed by atoms with Crippen LogP contribution >= 0.6 is 0 Å². The van der Waals surface area contributed by atoms with Crippen LogP contribution in [0.1, 0.15) is 50.3 Å². The summed E-state index contributed by atoms with van der Waals surface area (Å²) in [5.41, 5.74) is 2.16. The molecular formula is C17H30N4O. The lowest BCUT2D eigenvalue weighted by Crippen LogP contribution is -2.39. The third kappa shape index (κ3) is 3.70. The van der Waals surface area contributed by atoms with E-state index >= 15 is 0 Å². The van der Waals surface area contributed by atoms with Crippen LogP contribution in [0.4, 0.5) is 0 Å². The molecule has 2 heterocycles. The number of hydrogen-bond acceptors (Lipinski definition) is 4. The van der Waals surface area contributed by atoms with E-state index in [1.807, 2.05) is 13.8 Å². The number of nitrogens with zero attached hydrogens (tertiary/aromatic N) is 3. The maximum atomic E-state index is 9.93. The van der Waals surface area contributed by atoms with Crippen molar-refractivity contribution in [1.29, 1.82) is 0 Å². The summed E-state index contributed by atoms with van der Waals surface area (Å²) >= 11 is 0. The van der Waals surface area contributed by atoms with E-state index in [1.165, 1.54) is 36.5 Å². The topological polar surface area (TPSA) is 53.3 Å². The Kier molecular flexibility index (Phi) is 4.57. The second kappa shape index (κ2) is 6.30. The van der Waals surface area contributed by atoms with Crippen molar-refractivity contribution in [3.63, 3.8) is 0 Å². The fourth-order valence-corrected chi connectivity index (χ4v) is 3.83. The number of aromatic nitrogens is 2. The number of imidazole rings is 1. The first-order chi connectivity index (χ1) is 10.4. The van der Waals surface area contributed by atoms with Crippen molar-refractivity contribution in [2.45, 2.75) is 64.1 Å². The van der Waals surface area contributed by atoms with Crippen LogP contribution in [0, 0.1) is 0 Å². The average molecular weight is 306 g/mol. The summed E-state index contributed by atoms with van der Waals surface area (Å²) < 4.78 is 2.30. The van der Waals surface area contributed by atoms with Gasteiger partial charge in [0, 0.05) is 31.9 Å². The molecule has 0 amide bonds. The second-order valence-corrected chi connectivity index (χ2v) is 7.60. The summed E-state index contributed by atoms with van der Waals surface area (Å²) in [7, 11) is 2.16. The SMILES string of the molecule is Cn1c(CN[C@H]2CCN(CC(C)(C)O)C2)nc2c1CCCC2. The maximum Gasteiger partial charge on any atom is 0.122 e. The van der Waals surface area contributed by atoms with E-state index in [1.54, 1.807) is 0 Å². The van der Waals surface area contributed by atoms with Gasteiger partial charge in [-0.25, -0.2) is 4.98 Å². The summed E-state index contributed by atoms with van der Waals surface area (Å²) in [6, 6.07) is 0.510. The van der Waals surface area contributed by atoms with Crippen LogP contribution in [-0.4, -0.2) is 50.8 Å². The summed E-state index contributed by atoms with van der Waals surface area (Å²) in [5, 5.41) is 13.6. The highest BCUT2D eigenvalue weighted by Gasteiger charge is 2.27. The molecule has 0 unspecified atom stereocenters. The van der Waals surface area contributed by atoms with Crippen molar-refractivity contribution >= 4 is 0 Å². The minimum atomic E-state index is -0.604. The number of likely N-dealkylation sites (tertiary alicyclic amines) is 1. The van der Waals surface area contributed by atoms with Gasteiger partial charge in [-0.3, -0.25) is 4.90 Å². The van der Waals surface area contributed by atoms with E-state index in [9.17, 15) is 5.11 Å². The summed E-state index contributed by atoms with van der Waals surface area (Å²) in [6.07, 6.45) is 6.06. The first-order valence-electron chi connectivity index (χ1n) is 8.64. The molecule has 0 saturated carbocycles. The highest BCUT2D eigenvalue weighted by molar-refractivity contribution is 5.20. The molecule has 1 aromatic rings. The standard InChI is InChI=1S/C17H30N4O/c1-17(2,22)12-21-9-8-13(11-21)18-10-16-19-14-6-4-5-7-15(14)20(16)3/h13,18,22H,4-12H2,1-3H3/t13-/m0/s1. The molecule has 5 heteroatoms. The lowest BCUT2D eigenvalue weighted by Gasteiger charge is -2.25. The Hall–Kier alpha value is -0.910. The van der Waals surface area contributed by atoms with Crippen molar-refractivity contribution < 1.29 is 5.11 Å². The quantitative estimate of drug-likeness (QED) is 0.859. The van der Waals surface area contributed by atoms with E-state index < -0.39 is 5.60 Å². The van der Waals surface area contributed by atoms with Crippen molar-refractivity contribution in [3.8, 4) is 0 Å². The molecule has 1 atom stereocenters. The van der Waals surface area contributed by atoms with Crippen LogP contribution in [0.25, 0.3) is 0 Å². The molecule has 0 aromatic carbocycles. The number of β-amino-alcohol motifs (C(OH)–C–C–N with tert-alkyl or cyclic N) is 1. The third-order valence-electron chi connectivity index (χ3n) is 4.90. The smallest absolute Gasteiger partial charge is 0.122 e. The van der Waals surface area contributed by atoms with E-state index in [4.69, 9.17) is 4.98 Å². The highest BCUT2D eigenvalue weighted by atomic mass is 16.3. The van der Waals surface area contributed by atoms with Crippen molar-refractivity contribution in [2.24, 2.45) is 7.05 Å². The van der Waals surface area contributed by atoms with Gasteiger partial charge in [0.15, 0.2) is 0 Å². The minimum Gasteiger partial charge on any atom is -0.389 e. The fraction of sp³-hybridized carbons (Fsp3) is 0.824. The molecule has 2 aliphatic rings. The molecule has 5 nitrogen and oxygen atoms in total. The predicted octanol–water partition coefficient (Wildman–Crippen LogP) is 1.23. The molecular weight excluding hydrogens is 276 g/mol. The maximum absolute atomic E-state index is 9.93. The largest absolute Gasteiger partial charge is 0.389 e. The molecule has 0 spiro atoms. The number of nitrogens with one attached hydrogen (secondary N) is 1. The van der Waals surface area contributed by atoms with Gasteiger partial charge in [-0.15, -0.1) is 0 Å². The second-order valence-electron chi connectivity index (χ2n) is 7.60. The van der Waals surface area contributed by atoms with Crippen LogP contribution in [0.2, 0.25) is 0 Å². The normalized spacial score (nSPS) is 23.0. The predicted molar refractivity (Wildman–Crippen MR) is 87.8 cm³/mol. The Bertz CT molecular complexity index is 517. The van der Waals surface area contributed by atoms with Crippen LogP contribution in [0.3, 0.4) is 0 Å². The molecule has 2 N–H and O–H groups in total. The lowest BCUT2D eigenvalue weighted by atomic mass is 10.0. The van der Waals surface area contributed by atoms with Crippen molar-refractivity contribution in [1.82, 2.24) is 19.8 Å². The molecule has 1 aliphatic heterocycles. The van der Waals surface area contributed by atoms with Gasteiger partial charge >= 0.3 is 0 Å². The van der Waals surface area contributed by atoms with E-state index in [2.05, 4.69) is 21.8 Å². The third-order valence-corrected chi connectivity index (χ3v) is 4.90. The van der Waals surface area contributed by atoms with Gasteiger partial charge in [-0.05, 0) is 52.5 Å². The van der Waals surface area contributed by atoms with Gasteiger partial charge < -0.3 is 15.0 Å². The zero-order valence-electron chi connectivity index (χ0n) is 14.2. The zero-order valence-corrected chi connectivity index (χ0v) is 14.2. The number of aliphatic hydroxyl groups is 1. The number of hydrogen-bond donors (Lipinski definition) is 2. The molecule has 0 bridgehead atoms. The molecule has 3 rings (SSSR count). The zero-order chi connectivity index (χ0) is 15.7. The highest BCUT2D eigenvalue weighted by Crippen LogP contribution is 2.21. The van der Waals surface area contributed by atoms with Crippen molar-refractivity contribution in [3.05, 3.63) is 17.2 Å². The molecule has 1 saturated heterocycles. The fourth-order valence-electron chi connectivity index (χ4n) is 3.83. The molecule has 1 aliphatic carbocycles. The van der Waals surface area contributed by atoms with Gasteiger partial charge in [-0.1, -0.05) is 0 Å². The molecule has 124 valence electrons. The monoisotopic (exact) mass is 306 g/mol. The van der Waals surface area contributed by atoms with E-state index in [-0.39, 0.29) is 0 Å². The van der Waals surface area contributed by atoms with Crippen LogP contribution in [0.5, 0.6) is 0 Å². The van der Waals surface area contributed by atoms with Crippen molar-refractivity contribution in [2.75, 3.05) is 19.6 Å². The van der Waals surface area contributed by atoms with Gasteiger partial charge in [0.25, 0.3) is 0 Å². The Morgan fingerprint density at radius 2 is 2.09 bits per heavy atom. The van der Waals surface area contributed by atoms with Gasteiger partial charge in [0.2, 0.25) is 0 Å². The number of aryl methyl sites for hydroxylation is 1. The van der Waals surface area contributed by atoms with E-state index in [0.717, 1.165) is 39.0 Å². The summed E-state index contributed by atoms with van der Waals surface area (Å²) in [5.74, 6) is 1.17. The molecule has 22 heavy (non-hydrogen) atoms. The average Bonchev–Trinajstić information content (AvgIpc) is 3.00. The summed E-state index contributed by atoms with van der Waals surface area (Å²) in [6.45, 7) is 7.46. The number of fused-ring (bicyclic) bond motifs is 1. The van der Waals surface area contributed by atoms with Gasteiger partial charge in [0.1, 0.15) is 5.82 Å². The Labute approximate surface area is 133 Å². The Morgan fingerprint density at radius 3 is 2.82 bits per heavy atom. The molecule has 0 radical (unpaired) electrons. The van der Waals surface area contributed by atoms with Crippen LogP contribution in [-0.2, 0) is 26.4 Å². The summed E-state index contributed by atoms with van der Waals surface area (Å²) in [4.78, 5) is 7.18. The van der Waals surface area contributed by atoms with Crippen LogP contribution in [0.15, 0.2) is 0 Å². The van der Waals surface area contributed by atoms with Gasteiger partial charge in [-0.2, -0.15) is 0 Å². The van der Waals surface area contributed by atoms with Gasteiger partial charge in [0.05, 0.1) is 17.8 Å². The van der Waals surface area contributed by atoms with Crippen LogP contribution < -0.4 is 5.32 Å². The Balaban J connectivity index is 1.52. The first kappa shape index (κ1) is 16.0. The number of rotatable bonds is 5. The lowest BCUT2D eigenvalue weighted by molar-refractivity contribution is 0.0433. The molecule has 1 fully saturated rings. The minimum absolute atomic E-state index is 0.510. The van der Waals surface area contributed by atoms with E-state index in [0.29, 0.717) is 6.04 Å². The first-order valence-corrected chi connectivity index (χ1v) is 8.64.